The van der Waals surface area contributed by atoms with Crippen LogP contribution in [-0.4, -0.2) is 11.6 Å². The second kappa shape index (κ2) is 5.95. The molecule has 0 amide bonds. The average Bonchev–Trinajstić information content (AvgIpc) is 2.53. The predicted molar refractivity (Wildman–Crippen MR) is 81.1 cm³/mol. The number of pyridine rings is 1. The van der Waals surface area contributed by atoms with Crippen LogP contribution in [0, 0.1) is 0 Å². The number of aromatic nitrogens is 1. The largest absolute Gasteiger partial charge is 0.492 e. The Hall–Kier alpha value is -2.03. The monoisotopic (exact) mass is 268 g/mol. The Labute approximate surface area is 120 Å². The summed E-state index contributed by atoms with van der Waals surface area (Å²) in [5.74, 6) is 0.866. The summed E-state index contributed by atoms with van der Waals surface area (Å²) in [6, 6.07) is 10.9. The van der Waals surface area contributed by atoms with Crippen molar-refractivity contribution in [1.29, 1.82) is 0 Å². The molecular weight excluding hydrogens is 248 g/mol. The van der Waals surface area contributed by atoms with Crippen molar-refractivity contribution in [3.05, 3.63) is 53.9 Å². The zero-order valence-corrected chi connectivity index (χ0v) is 11.8. The molecule has 0 saturated heterocycles. The average molecular weight is 268 g/mol. The van der Waals surface area contributed by atoms with E-state index < -0.39 is 0 Å². The molecular formula is C17H20N2O. The number of anilines is 1. The minimum atomic E-state index is 0.322. The number of benzene rings is 1. The molecule has 3 heteroatoms. The molecule has 1 unspecified atom stereocenters. The molecule has 2 heterocycles. The molecule has 20 heavy (non-hydrogen) atoms. The van der Waals surface area contributed by atoms with Gasteiger partial charge in [0.2, 0.25) is 0 Å². The Morgan fingerprint density at radius 1 is 1.30 bits per heavy atom. The number of hydrogen-bond donors (Lipinski definition) is 1. The van der Waals surface area contributed by atoms with Gasteiger partial charge < -0.3 is 10.1 Å². The molecule has 1 aliphatic rings. The zero-order valence-electron chi connectivity index (χ0n) is 11.8. The number of nitrogens with zero attached hydrogens (tertiary/aromatic N) is 1. The number of ether oxygens (including phenoxy) is 1. The van der Waals surface area contributed by atoms with Crippen LogP contribution >= 0.6 is 0 Å². The highest BCUT2D eigenvalue weighted by Crippen LogP contribution is 2.32. The van der Waals surface area contributed by atoms with Gasteiger partial charge in [-0.15, -0.1) is 0 Å². The first-order valence-electron chi connectivity index (χ1n) is 7.29. The van der Waals surface area contributed by atoms with Gasteiger partial charge in [-0.1, -0.05) is 25.1 Å². The van der Waals surface area contributed by atoms with Crippen molar-refractivity contribution >= 4 is 5.69 Å². The Balaban J connectivity index is 1.77. The van der Waals surface area contributed by atoms with Crippen LogP contribution in [0.1, 0.15) is 36.9 Å². The molecule has 1 atom stereocenters. The van der Waals surface area contributed by atoms with Gasteiger partial charge in [-0.05, 0) is 42.5 Å². The van der Waals surface area contributed by atoms with Crippen LogP contribution in [0.5, 0.6) is 5.75 Å². The van der Waals surface area contributed by atoms with Crippen molar-refractivity contribution < 1.29 is 4.74 Å². The van der Waals surface area contributed by atoms with E-state index in [0.29, 0.717) is 6.04 Å². The Bertz CT molecular complexity index is 583. The van der Waals surface area contributed by atoms with Crippen LogP contribution in [0.3, 0.4) is 0 Å². The van der Waals surface area contributed by atoms with Crippen LogP contribution in [-0.2, 0) is 6.42 Å². The molecule has 0 spiro atoms. The van der Waals surface area contributed by atoms with Gasteiger partial charge >= 0.3 is 0 Å². The molecule has 1 aliphatic heterocycles. The summed E-state index contributed by atoms with van der Waals surface area (Å²) in [4.78, 5) is 4.30. The molecule has 3 rings (SSSR count). The van der Waals surface area contributed by atoms with E-state index in [1.165, 1.54) is 16.8 Å². The fourth-order valence-electron chi connectivity index (χ4n) is 2.61. The number of nitrogens with one attached hydrogen (secondary N) is 1. The summed E-state index contributed by atoms with van der Waals surface area (Å²) >= 11 is 0. The van der Waals surface area contributed by atoms with E-state index in [1.54, 1.807) is 6.20 Å². The summed E-state index contributed by atoms with van der Waals surface area (Å²) < 4.78 is 5.67. The Morgan fingerprint density at radius 2 is 2.20 bits per heavy atom. The standard InChI is InChI=1S/C17H20N2O/c1-2-9-20-15-10-14(11-18-12-15)17-8-7-13-5-3-4-6-16(13)19-17/h3-6,10-12,17,19H,2,7-9H2,1H3. The van der Waals surface area contributed by atoms with E-state index in [9.17, 15) is 0 Å². The zero-order chi connectivity index (χ0) is 13.8. The molecule has 0 fully saturated rings. The maximum atomic E-state index is 5.67. The third-order valence-corrected chi connectivity index (χ3v) is 3.66. The smallest absolute Gasteiger partial charge is 0.137 e. The fourth-order valence-corrected chi connectivity index (χ4v) is 2.61. The number of para-hydroxylation sites is 1. The van der Waals surface area contributed by atoms with Gasteiger partial charge in [-0.3, -0.25) is 4.98 Å². The summed E-state index contributed by atoms with van der Waals surface area (Å²) in [5, 5.41) is 3.60. The van der Waals surface area contributed by atoms with Crippen molar-refractivity contribution in [2.24, 2.45) is 0 Å². The highest BCUT2D eigenvalue weighted by atomic mass is 16.5. The molecule has 2 aromatic rings. The van der Waals surface area contributed by atoms with E-state index in [4.69, 9.17) is 4.74 Å². The predicted octanol–water partition coefficient (Wildman–Crippen LogP) is 3.97. The topological polar surface area (TPSA) is 34.1 Å². The first-order chi connectivity index (χ1) is 9.86. The van der Waals surface area contributed by atoms with E-state index in [-0.39, 0.29) is 0 Å². The van der Waals surface area contributed by atoms with Gasteiger partial charge in [0.1, 0.15) is 5.75 Å². The van der Waals surface area contributed by atoms with E-state index in [1.807, 2.05) is 6.20 Å². The lowest BCUT2D eigenvalue weighted by Crippen LogP contribution is -2.18. The second-order valence-electron chi connectivity index (χ2n) is 5.20. The van der Waals surface area contributed by atoms with Crippen LogP contribution in [0.15, 0.2) is 42.7 Å². The molecule has 0 radical (unpaired) electrons. The summed E-state index contributed by atoms with van der Waals surface area (Å²) in [5.41, 5.74) is 3.84. The van der Waals surface area contributed by atoms with Crippen LogP contribution in [0.25, 0.3) is 0 Å². The quantitative estimate of drug-likeness (QED) is 0.911. The van der Waals surface area contributed by atoms with Gasteiger partial charge in [0.15, 0.2) is 0 Å². The van der Waals surface area contributed by atoms with E-state index in [0.717, 1.165) is 31.6 Å². The van der Waals surface area contributed by atoms with Crippen molar-refractivity contribution in [1.82, 2.24) is 4.98 Å². The molecule has 0 aliphatic carbocycles. The lowest BCUT2D eigenvalue weighted by Gasteiger charge is -2.27. The SMILES string of the molecule is CCCOc1cncc(C2CCc3ccccc3N2)c1. The summed E-state index contributed by atoms with van der Waals surface area (Å²) in [7, 11) is 0. The van der Waals surface area contributed by atoms with Gasteiger partial charge in [-0.25, -0.2) is 0 Å². The van der Waals surface area contributed by atoms with Crippen LogP contribution < -0.4 is 10.1 Å². The second-order valence-corrected chi connectivity index (χ2v) is 5.20. The molecule has 1 aromatic heterocycles. The lowest BCUT2D eigenvalue weighted by molar-refractivity contribution is 0.315. The molecule has 104 valence electrons. The fraction of sp³-hybridized carbons (Fsp3) is 0.353. The van der Waals surface area contributed by atoms with Crippen molar-refractivity contribution in [3.8, 4) is 5.75 Å². The van der Waals surface area contributed by atoms with Crippen molar-refractivity contribution in [2.45, 2.75) is 32.2 Å². The lowest BCUT2D eigenvalue weighted by atomic mass is 9.94. The minimum Gasteiger partial charge on any atom is -0.492 e. The number of rotatable bonds is 4. The highest BCUT2D eigenvalue weighted by Gasteiger charge is 2.19. The first-order valence-corrected chi connectivity index (χ1v) is 7.29. The molecule has 0 saturated carbocycles. The maximum Gasteiger partial charge on any atom is 0.137 e. The molecule has 0 bridgehead atoms. The van der Waals surface area contributed by atoms with E-state index in [2.05, 4.69) is 47.6 Å². The van der Waals surface area contributed by atoms with Crippen molar-refractivity contribution in [3.63, 3.8) is 0 Å². The third-order valence-electron chi connectivity index (χ3n) is 3.66. The number of aryl methyl sites for hydroxylation is 1. The van der Waals surface area contributed by atoms with Gasteiger partial charge in [-0.2, -0.15) is 0 Å². The van der Waals surface area contributed by atoms with Crippen molar-refractivity contribution in [2.75, 3.05) is 11.9 Å². The minimum absolute atomic E-state index is 0.322. The van der Waals surface area contributed by atoms with Gasteiger partial charge in [0, 0.05) is 11.9 Å². The molecule has 1 aromatic carbocycles. The summed E-state index contributed by atoms with van der Waals surface area (Å²) in [6.07, 6.45) is 6.93. The number of hydrogen-bond acceptors (Lipinski definition) is 3. The van der Waals surface area contributed by atoms with Gasteiger partial charge in [0.25, 0.3) is 0 Å². The van der Waals surface area contributed by atoms with Crippen LogP contribution in [0.2, 0.25) is 0 Å². The molecule has 3 nitrogen and oxygen atoms in total. The van der Waals surface area contributed by atoms with E-state index >= 15 is 0 Å². The maximum absolute atomic E-state index is 5.67. The van der Waals surface area contributed by atoms with Crippen LogP contribution in [0.4, 0.5) is 5.69 Å². The summed E-state index contributed by atoms with van der Waals surface area (Å²) in [6.45, 7) is 2.85. The number of fused-ring (bicyclic) bond motifs is 1. The van der Waals surface area contributed by atoms with Gasteiger partial charge in [0.05, 0.1) is 18.8 Å². The highest BCUT2D eigenvalue weighted by molar-refractivity contribution is 5.54. The normalized spacial score (nSPS) is 17.1. The third kappa shape index (κ3) is 2.77. The Morgan fingerprint density at radius 3 is 3.10 bits per heavy atom. The Kier molecular flexibility index (Phi) is 3.86. The molecule has 1 N–H and O–H groups in total. The first kappa shape index (κ1) is 13.0.